The first kappa shape index (κ1) is 9.45. The van der Waals surface area contributed by atoms with Crippen molar-refractivity contribution in [3.05, 3.63) is 35.4 Å². The predicted octanol–water partition coefficient (Wildman–Crippen LogP) is 2.19. The standard InChI is InChI=1S/C10H8ClFN2/c11-14-6-10(12,7-14)9-3-1-8(5-13)2-4-9/h1-4H,6-7H2. The molecule has 1 heterocycles. The van der Waals surface area contributed by atoms with Crippen LogP contribution in [-0.2, 0) is 5.67 Å². The predicted molar refractivity (Wildman–Crippen MR) is 51.4 cm³/mol. The second-order valence-corrected chi connectivity index (χ2v) is 3.91. The largest absolute Gasteiger partial charge is 0.236 e. The number of nitrogens with zero attached hydrogens (tertiary/aromatic N) is 2. The van der Waals surface area contributed by atoms with Gasteiger partial charge in [-0.3, -0.25) is 0 Å². The molecule has 0 amide bonds. The van der Waals surface area contributed by atoms with Crippen LogP contribution in [0, 0.1) is 11.3 Å². The first-order valence-electron chi connectivity index (χ1n) is 4.24. The number of halogens is 2. The van der Waals surface area contributed by atoms with E-state index in [4.69, 9.17) is 17.0 Å². The van der Waals surface area contributed by atoms with E-state index in [2.05, 4.69) is 0 Å². The zero-order valence-corrected chi connectivity index (χ0v) is 8.13. The lowest BCUT2D eigenvalue weighted by Crippen LogP contribution is -2.51. The number of alkyl halides is 1. The molecule has 2 nitrogen and oxygen atoms in total. The first-order valence-corrected chi connectivity index (χ1v) is 4.58. The van der Waals surface area contributed by atoms with Gasteiger partial charge in [0, 0.05) is 0 Å². The molecule has 0 atom stereocenters. The summed E-state index contributed by atoms with van der Waals surface area (Å²) in [6.07, 6.45) is 0. The Bertz CT molecular complexity index is 376. The second kappa shape index (κ2) is 3.23. The molecule has 0 unspecified atom stereocenters. The van der Waals surface area contributed by atoms with E-state index in [1.807, 2.05) is 6.07 Å². The topological polar surface area (TPSA) is 27.0 Å². The number of hydrogen-bond donors (Lipinski definition) is 0. The van der Waals surface area contributed by atoms with E-state index < -0.39 is 5.67 Å². The minimum atomic E-state index is -1.34. The summed E-state index contributed by atoms with van der Waals surface area (Å²) in [7, 11) is 0. The minimum Gasteiger partial charge on any atom is -0.236 e. The van der Waals surface area contributed by atoms with Crippen LogP contribution in [0.15, 0.2) is 24.3 Å². The number of nitriles is 1. The highest BCUT2D eigenvalue weighted by atomic mass is 35.5. The summed E-state index contributed by atoms with van der Waals surface area (Å²) in [6.45, 7) is 0.418. The maximum atomic E-state index is 13.9. The molecule has 0 bridgehead atoms. The third-order valence-electron chi connectivity index (χ3n) is 2.38. The zero-order chi connectivity index (χ0) is 10.2. The lowest BCUT2D eigenvalue weighted by molar-refractivity contribution is 0.0194. The average Bonchev–Trinajstić information content (AvgIpc) is 2.16. The van der Waals surface area contributed by atoms with Crippen molar-refractivity contribution in [1.82, 2.24) is 4.42 Å². The summed E-state index contributed by atoms with van der Waals surface area (Å²) in [6, 6.07) is 8.51. The molecule has 1 aromatic rings. The fourth-order valence-corrected chi connectivity index (χ4v) is 1.90. The highest BCUT2D eigenvalue weighted by molar-refractivity contribution is 6.14. The van der Waals surface area contributed by atoms with Gasteiger partial charge in [0.2, 0.25) is 0 Å². The lowest BCUT2D eigenvalue weighted by atomic mass is 9.90. The van der Waals surface area contributed by atoms with Gasteiger partial charge in [0.15, 0.2) is 5.67 Å². The van der Waals surface area contributed by atoms with Crippen LogP contribution in [0.3, 0.4) is 0 Å². The Balaban J connectivity index is 2.22. The smallest absolute Gasteiger partial charge is 0.163 e. The summed E-state index contributed by atoms with van der Waals surface area (Å²) in [5.41, 5.74) is -0.205. The fourth-order valence-electron chi connectivity index (χ4n) is 1.52. The SMILES string of the molecule is N#Cc1ccc(C2(F)CN(Cl)C2)cc1. The molecule has 14 heavy (non-hydrogen) atoms. The molecular weight excluding hydrogens is 203 g/mol. The molecule has 1 aromatic carbocycles. The normalized spacial score (nSPS) is 19.8. The van der Waals surface area contributed by atoms with Gasteiger partial charge in [-0.2, -0.15) is 5.26 Å². The Morgan fingerprint density at radius 1 is 1.36 bits per heavy atom. The molecule has 0 aliphatic carbocycles. The van der Waals surface area contributed by atoms with Crippen LogP contribution in [0.1, 0.15) is 11.1 Å². The monoisotopic (exact) mass is 210 g/mol. The molecule has 2 rings (SSSR count). The van der Waals surface area contributed by atoms with Gasteiger partial charge in [-0.1, -0.05) is 12.1 Å². The van der Waals surface area contributed by atoms with Gasteiger partial charge in [0.25, 0.3) is 0 Å². The summed E-state index contributed by atoms with van der Waals surface area (Å²) in [5, 5.41) is 8.57. The maximum absolute atomic E-state index is 13.9. The summed E-state index contributed by atoms with van der Waals surface area (Å²) in [5.74, 6) is 0. The van der Waals surface area contributed by atoms with Crippen LogP contribution in [-0.4, -0.2) is 17.5 Å². The molecule has 72 valence electrons. The molecule has 0 radical (unpaired) electrons. The molecule has 4 heteroatoms. The molecule has 1 saturated heterocycles. The molecule has 1 aliphatic heterocycles. The molecular formula is C10H8ClFN2. The quantitative estimate of drug-likeness (QED) is 0.665. The number of benzene rings is 1. The Labute approximate surface area is 86.6 Å². The maximum Gasteiger partial charge on any atom is 0.163 e. The average molecular weight is 211 g/mol. The highest BCUT2D eigenvalue weighted by Crippen LogP contribution is 2.36. The molecule has 0 saturated carbocycles. The van der Waals surface area contributed by atoms with E-state index in [9.17, 15) is 4.39 Å². The number of rotatable bonds is 1. The highest BCUT2D eigenvalue weighted by Gasteiger charge is 2.44. The molecule has 1 aliphatic rings. The van der Waals surface area contributed by atoms with Crippen molar-refractivity contribution >= 4 is 11.8 Å². The van der Waals surface area contributed by atoms with Crippen molar-refractivity contribution in [2.75, 3.05) is 13.1 Å². The molecule has 0 spiro atoms. The molecule has 1 fully saturated rings. The van der Waals surface area contributed by atoms with Crippen LogP contribution in [0.25, 0.3) is 0 Å². The zero-order valence-electron chi connectivity index (χ0n) is 7.37. The third-order valence-corrected chi connectivity index (χ3v) is 2.61. The minimum absolute atomic E-state index is 0.209. The van der Waals surface area contributed by atoms with E-state index in [1.165, 1.54) is 4.42 Å². The van der Waals surface area contributed by atoms with E-state index in [1.54, 1.807) is 24.3 Å². The van der Waals surface area contributed by atoms with Gasteiger partial charge in [0.1, 0.15) is 0 Å². The van der Waals surface area contributed by atoms with Gasteiger partial charge in [-0.25, -0.2) is 8.81 Å². The van der Waals surface area contributed by atoms with Crippen molar-refractivity contribution in [3.8, 4) is 6.07 Å². The summed E-state index contributed by atoms with van der Waals surface area (Å²) in [4.78, 5) is 0. The van der Waals surface area contributed by atoms with Gasteiger partial charge >= 0.3 is 0 Å². The Kier molecular flexibility index (Phi) is 2.18. The molecule has 0 N–H and O–H groups in total. The lowest BCUT2D eigenvalue weighted by Gasteiger charge is -2.40. The van der Waals surface area contributed by atoms with Crippen LogP contribution in [0.2, 0.25) is 0 Å². The van der Waals surface area contributed by atoms with Crippen molar-refractivity contribution in [3.63, 3.8) is 0 Å². The second-order valence-electron chi connectivity index (χ2n) is 3.43. The summed E-state index contributed by atoms with van der Waals surface area (Å²) < 4.78 is 15.3. The van der Waals surface area contributed by atoms with Crippen LogP contribution < -0.4 is 0 Å². The summed E-state index contributed by atoms with van der Waals surface area (Å²) >= 11 is 5.58. The van der Waals surface area contributed by atoms with Gasteiger partial charge in [0.05, 0.1) is 24.7 Å². The molecule has 0 aromatic heterocycles. The van der Waals surface area contributed by atoms with E-state index in [0.717, 1.165) is 0 Å². The van der Waals surface area contributed by atoms with E-state index >= 15 is 0 Å². The van der Waals surface area contributed by atoms with Crippen LogP contribution >= 0.6 is 11.8 Å². The van der Waals surface area contributed by atoms with Crippen molar-refractivity contribution in [1.29, 1.82) is 5.26 Å². The fraction of sp³-hybridized carbons (Fsp3) is 0.300. The Morgan fingerprint density at radius 2 is 1.93 bits per heavy atom. The van der Waals surface area contributed by atoms with Crippen LogP contribution in [0.5, 0.6) is 0 Å². The Morgan fingerprint density at radius 3 is 2.36 bits per heavy atom. The third kappa shape index (κ3) is 1.47. The first-order chi connectivity index (χ1) is 6.64. The van der Waals surface area contributed by atoms with Crippen LogP contribution in [0.4, 0.5) is 4.39 Å². The van der Waals surface area contributed by atoms with Gasteiger partial charge in [-0.05, 0) is 29.5 Å². The number of hydrogen-bond acceptors (Lipinski definition) is 2. The van der Waals surface area contributed by atoms with Crippen molar-refractivity contribution in [2.45, 2.75) is 5.67 Å². The van der Waals surface area contributed by atoms with Crippen molar-refractivity contribution in [2.24, 2.45) is 0 Å². The van der Waals surface area contributed by atoms with E-state index in [-0.39, 0.29) is 13.1 Å². The Hall–Kier alpha value is -1.11. The van der Waals surface area contributed by atoms with E-state index in [0.29, 0.717) is 11.1 Å². The van der Waals surface area contributed by atoms with Gasteiger partial charge in [-0.15, -0.1) is 0 Å². The van der Waals surface area contributed by atoms with Crippen molar-refractivity contribution < 1.29 is 4.39 Å². The van der Waals surface area contributed by atoms with Gasteiger partial charge < -0.3 is 0 Å².